The Hall–Kier alpha value is -2.81. The van der Waals surface area contributed by atoms with Gasteiger partial charge in [0.1, 0.15) is 6.10 Å². The van der Waals surface area contributed by atoms with Gasteiger partial charge in [-0.2, -0.15) is 0 Å². The third kappa shape index (κ3) is 5.51. The van der Waals surface area contributed by atoms with E-state index in [0.717, 1.165) is 5.69 Å². The number of nitrogens with zero attached hydrogens (tertiary/aromatic N) is 2. The quantitative estimate of drug-likeness (QED) is 0.344. The van der Waals surface area contributed by atoms with Gasteiger partial charge in [0.15, 0.2) is 16.7 Å². The van der Waals surface area contributed by atoms with Crippen molar-refractivity contribution >= 4 is 41.1 Å². The number of esters is 1. The first-order valence-corrected chi connectivity index (χ1v) is 11.6. The number of carbonyl (C=O) groups excluding carboxylic acids is 2. The first kappa shape index (κ1) is 23.8. The second kappa shape index (κ2) is 11.2. The molecule has 0 aliphatic rings. The molecule has 1 atom stereocenters. The van der Waals surface area contributed by atoms with Crippen LogP contribution in [0.15, 0.2) is 59.8 Å². The van der Waals surface area contributed by atoms with Crippen molar-refractivity contribution in [1.29, 1.82) is 0 Å². The summed E-state index contributed by atoms with van der Waals surface area (Å²) in [6, 6.07) is 15.8. The van der Waals surface area contributed by atoms with Crippen molar-refractivity contribution in [2.24, 2.45) is 0 Å². The number of anilines is 1. The van der Waals surface area contributed by atoms with Crippen LogP contribution in [0, 0.1) is 0 Å². The average molecular weight is 474 g/mol. The first-order valence-electron chi connectivity index (χ1n) is 9.97. The number of amides is 1. The van der Waals surface area contributed by atoms with Crippen LogP contribution >= 0.6 is 23.4 Å². The molecule has 0 saturated heterocycles. The minimum atomic E-state index is -0.600. The van der Waals surface area contributed by atoms with E-state index in [1.165, 1.54) is 11.8 Å². The smallest absolute Gasteiger partial charge is 0.359 e. The molecule has 1 unspecified atom stereocenters. The van der Waals surface area contributed by atoms with Gasteiger partial charge in [-0.15, -0.1) is 0 Å². The maximum absolute atomic E-state index is 13.3. The molecule has 32 heavy (non-hydrogen) atoms. The lowest BCUT2D eigenvalue weighted by Crippen LogP contribution is -2.25. The molecule has 7 nitrogen and oxygen atoms in total. The van der Waals surface area contributed by atoms with Crippen LogP contribution in [0.3, 0.4) is 0 Å². The summed E-state index contributed by atoms with van der Waals surface area (Å²) in [7, 11) is 1.55. The molecule has 9 heteroatoms. The van der Waals surface area contributed by atoms with Crippen LogP contribution in [0.25, 0.3) is 5.69 Å². The maximum atomic E-state index is 13.3. The topological polar surface area (TPSA) is 82.4 Å². The lowest BCUT2D eigenvalue weighted by Gasteiger charge is -2.17. The summed E-state index contributed by atoms with van der Waals surface area (Å²) >= 11 is 7.27. The van der Waals surface area contributed by atoms with Gasteiger partial charge in [0, 0.05) is 23.4 Å². The highest BCUT2D eigenvalue weighted by Gasteiger charge is 2.28. The lowest BCUT2D eigenvalue weighted by atomic mass is 10.2. The van der Waals surface area contributed by atoms with E-state index in [1.54, 1.807) is 35.9 Å². The van der Waals surface area contributed by atoms with E-state index in [2.05, 4.69) is 10.3 Å². The van der Waals surface area contributed by atoms with Crippen molar-refractivity contribution in [3.63, 3.8) is 0 Å². The Bertz CT molecular complexity index is 1070. The molecule has 0 bridgehead atoms. The number of aromatic nitrogens is 2. The molecule has 1 heterocycles. The zero-order chi connectivity index (χ0) is 23.1. The summed E-state index contributed by atoms with van der Waals surface area (Å²) in [4.78, 5) is 30.6. The van der Waals surface area contributed by atoms with Crippen LogP contribution in [0.4, 0.5) is 5.82 Å². The van der Waals surface area contributed by atoms with Crippen molar-refractivity contribution in [2.75, 3.05) is 25.3 Å². The van der Waals surface area contributed by atoms with Gasteiger partial charge in [-0.05, 0) is 49.1 Å². The molecule has 168 valence electrons. The van der Waals surface area contributed by atoms with Crippen molar-refractivity contribution < 1.29 is 19.1 Å². The Kier molecular flexibility index (Phi) is 8.33. The normalized spacial score (nSPS) is 11.8. The fourth-order valence-electron chi connectivity index (χ4n) is 3.04. The van der Waals surface area contributed by atoms with E-state index in [1.807, 2.05) is 43.5 Å². The molecule has 3 aromatic rings. The number of methoxy groups -OCH3 is 1. The van der Waals surface area contributed by atoms with Crippen molar-refractivity contribution in [1.82, 2.24) is 9.55 Å². The molecule has 0 aliphatic heterocycles. The van der Waals surface area contributed by atoms with E-state index in [0.29, 0.717) is 22.2 Å². The van der Waals surface area contributed by atoms with Crippen LogP contribution in [0.2, 0.25) is 5.02 Å². The van der Waals surface area contributed by atoms with Crippen LogP contribution in [-0.2, 0) is 9.47 Å². The standard InChI is InChI=1S/C23H24ClN3O4S/c1-4-18(14-30-2)31-22(29)19-20(25-21(28)15-10-12-16(24)13-11-15)26-23(32-3)27(19)17-8-6-5-7-9-17/h5-13,18H,4,14H2,1-3H3,(H,25,28). The van der Waals surface area contributed by atoms with Crippen LogP contribution in [-0.4, -0.2) is 47.5 Å². The molecule has 2 aromatic carbocycles. The van der Waals surface area contributed by atoms with Gasteiger partial charge in [0.05, 0.1) is 6.61 Å². The number of hydrogen-bond donors (Lipinski definition) is 1. The van der Waals surface area contributed by atoms with Gasteiger partial charge in [0.25, 0.3) is 5.91 Å². The number of hydrogen-bond acceptors (Lipinski definition) is 6. The number of nitrogens with one attached hydrogen (secondary N) is 1. The zero-order valence-electron chi connectivity index (χ0n) is 18.0. The minimum absolute atomic E-state index is 0.121. The largest absolute Gasteiger partial charge is 0.455 e. The number of para-hydroxylation sites is 1. The summed E-state index contributed by atoms with van der Waals surface area (Å²) in [6.07, 6.45) is 2.01. The van der Waals surface area contributed by atoms with Gasteiger partial charge in [-0.1, -0.05) is 48.5 Å². The molecule has 0 radical (unpaired) electrons. The Morgan fingerprint density at radius 3 is 2.44 bits per heavy atom. The summed E-state index contributed by atoms with van der Waals surface area (Å²) in [5, 5.41) is 3.81. The molecule has 0 saturated carbocycles. The summed E-state index contributed by atoms with van der Waals surface area (Å²) in [6.45, 7) is 2.17. The van der Waals surface area contributed by atoms with Gasteiger partial charge >= 0.3 is 5.97 Å². The molecule has 1 N–H and O–H groups in total. The number of halogens is 1. The number of imidazole rings is 1. The van der Waals surface area contributed by atoms with Gasteiger partial charge < -0.3 is 14.8 Å². The first-order chi connectivity index (χ1) is 15.5. The summed E-state index contributed by atoms with van der Waals surface area (Å²) in [5.41, 5.74) is 1.25. The Balaban J connectivity index is 2.05. The highest BCUT2D eigenvalue weighted by Crippen LogP contribution is 2.29. The van der Waals surface area contributed by atoms with E-state index < -0.39 is 18.0 Å². The fourth-order valence-corrected chi connectivity index (χ4v) is 3.73. The van der Waals surface area contributed by atoms with Crippen LogP contribution in [0.1, 0.15) is 34.2 Å². The van der Waals surface area contributed by atoms with E-state index >= 15 is 0 Å². The second-order valence-electron chi connectivity index (χ2n) is 6.82. The number of benzene rings is 2. The van der Waals surface area contributed by atoms with Crippen molar-refractivity contribution in [3.8, 4) is 5.69 Å². The summed E-state index contributed by atoms with van der Waals surface area (Å²) in [5.74, 6) is -0.891. The van der Waals surface area contributed by atoms with E-state index in [4.69, 9.17) is 21.1 Å². The number of carbonyl (C=O) groups is 2. The highest BCUT2D eigenvalue weighted by molar-refractivity contribution is 7.98. The number of ether oxygens (including phenoxy) is 2. The van der Waals surface area contributed by atoms with Crippen LogP contribution in [0.5, 0.6) is 0 Å². The maximum Gasteiger partial charge on any atom is 0.359 e. The fraction of sp³-hybridized carbons (Fsp3) is 0.261. The third-order valence-corrected chi connectivity index (χ3v) is 5.55. The Morgan fingerprint density at radius 1 is 1.16 bits per heavy atom. The monoisotopic (exact) mass is 473 g/mol. The lowest BCUT2D eigenvalue weighted by molar-refractivity contribution is 0.00404. The Morgan fingerprint density at radius 2 is 1.84 bits per heavy atom. The van der Waals surface area contributed by atoms with Crippen molar-refractivity contribution in [3.05, 3.63) is 70.9 Å². The third-order valence-electron chi connectivity index (χ3n) is 4.66. The second-order valence-corrected chi connectivity index (χ2v) is 8.03. The molecule has 3 rings (SSSR count). The average Bonchev–Trinajstić information content (AvgIpc) is 3.17. The zero-order valence-corrected chi connectivity index (χ0v) is 19.6. The summed E-state index contributed by atoms with van der Waals surface area (Å²) < 4.78 is 12.5. The van der Waals surface area contributed by atoms with Crippen molar-refractivity contribution in [2.45, 2.75) is 24.6 Å². The van der Waals surface area contributed by atoms with Crippen LogP contribution < -0.4 is 5.32 Å². The van der Waals surface area contributed by atoms with Gasteiger partial charge in [-0.3, -0.25) is 9.36 Å². The Labute approximate surface area is 196 Å². The minimum Gasteiger partial charge on any atom is -0.455 e. The molecule has 1 amide bonds. The number of rotatable bonds is 9. The molecular formula is C23H24ClN3O4S. The van der Waals surface area contributed by atoms with Gasteiger partial charge in [0.2, 0.25) is 0 Å². The highest BCUT2D eigenvalue weighted by atomic mass is 35.5. The van der Waals surface area contributed by atoms with E-state index in [9.17, 15) is 9.59 Å². The predicted molar refractivity (Wildman–Crippen MR) is 126 cm³/mol. The molecule has 1 aromatic heterocycles. The SMILES string of the molecule is CCC(COC)OC(=O)c1c(NC(=O)c2ccc(Cl)cc2)nc(SC)n1-c1ccccc1. The number of thioether (sulfide) groups is 1. The molecular weight excluding hydrogens is 450 g/mol. The molecule has 0 fully saturated rings. The molecule has 0 aliphatic carbocycles. The predicted octanol–water partition coefficient (Wildman–Crippen LogP) is 5.08. The van der Waals surface area contributed by atoms with E-state index in [-0.39, 0.29) is 18.1 Å². The molecule has 0 spiro atoms. The van der Waals surface area contributed by atoms with Gasteiger partial charge in [-0.25, -0.2) is 9.78 Å².